The Kier molecular flexibility index (Phi) is 4.64. The van der Waals surface area contributed by atoms with E-state index in [-0.39, 0.29) is 0 Å². The molecule has 1 aromatic rings. The van der Waals surface area contributed by atoms with Gasteiger partial charge in [0.2, 0.25) is 0 Å². The van der Waals surface area contributed by atoms with Gasteiger partial charge in [-0.2, -0.15) is 0 Å². The molecule has 1 N–H and O–H groups in total. The zero-order valence-corrected chi connectivity index (χ0v) is 12.9. The first kappa shape index (κ1) is 14.5. The molecular formula is C17H28N2. The zero-order chi connectivity index (χ0) is 13.9. The molecule has 19 heavy (non-hydrogen) atoms. The summed E-state index contributed by atoms with van der Waals surface area (Å²) in [5, 5.41) is 3.73. The topological polar surface area (TPSA) is 15.3 Å². The van der Waals surface area contributed by atoms with Crippen LogP contribution in [0.4, 0.5) is 0 Å². The molecule has 0 unspecified atom stereocenters. The Morgan fingerprint density at radius 2 is 1.74 bits per heavy atom. The Morgan fingerprint density at radius 1 is 1.11 bits per heavy atom. The average Bonchev–Trinajstić information content (AvgIpc) is 2.37. The molecule has 1 aliphatic rings. The Labute approximate surface area is 118 Å². The molecule has 1 saturated heterocycles. The lowest BCUT2D eigenvalue weighted by atomic mass is 9.90. The van der Waals surface area contributed by atoms with Crippen LogP contribution in [0.1, 0.15) is 43.4 Å². The van der Waals surface area contributed by atoms with E-state index in [2.05, 4.69) is 56.1 Å². The fourth-order valence-electron chi connectivity index (χ4n) is 3.32. The average molecular weight is 260 g/mol. The molecule has 2 heteroatoms. The molecule has 2 rings (SSSR count). The quantitative estimate of drug-likeness (QED) is 0.894. The Morgan fingerprint density at radius 3 is 2.32 bits per heavy atom. The zero-order valence-electron chi connectivity index (χ0n) is 12.9. The van der Waals surface area contributed by atoms with E-state index < -0.39 is 0 Å². The van der Waals surface area contributed by atoms with Crippen molar-refractivity contribution in [1.29, 1.82) is 0 Å². The second-order valence-electron chi connectivity index (χ2n) is 6.12. The largest absolute Gasteiger partial charge is 0.309 e. The maximum absolute atomic E-state index is 3.73. The summed E-state index contributed by atoms with van der Waals surface area (Å²) in [6, 6.07) is 6.91. The molecule has 1 aromatic carbocycles. The molecule has 0 bridgehead atoms. The van der Waals surface area contributed by atoms with E-state index >= 15 is 0 Å². The maximum Gasteiger partial charge on any atom is 0.0304 e. The van der Waals surface area contributed by atoms with Gasteiger partial charge in [0.15, 0.2) is 0 Å². The highest BCUT2D eigenvalue weighted by molar-refractivity contribution is 5.28. The molecule has 1 heterocycles. The van der Waals surface area contributed by atoms with Crippen molar-refractivity contribution < 1.29 is 0 Å². The highest BCUT2D eigenvalue weighted by atomic mass is 15.2. The third-order valence-electron chi connectivity index (χ3n) is 4.50. The van der Waals surface area contributed by atoms with Crippen LogP contribution in [0.5, 0.6) is 0 Å². The molecule has 0 radical (unpaired) electrons. The SMILES string of the molecule is CCC1(CC)CN(Cc2cc(C)cc(C)c2)CCN1. The van der Waals surface area contributed by atoms with Crippen molar-refractivity contribution in [3.8, 4) is 0 Å². The molecular weight excluding hydrogens is 232 g/mol. The van der Waals surface area contributed by atoms with Crippen LogP contribution in [-0.2, 0) is 6.54 Å². The molecule has 0 atom stereocenters. The van der Waals surface area contributed by atoms with E-state index in [1.807, 2.05) is 0 Å². The number of benzene rings is 1. The molecule has 1 aliphatic heterocycles. The number of hydrogen-bond donors (Lipinski definition) is 1. The van der Waals surface area contributed by atoms with Gasteiger partial charge in [0, 0.05) is 31.7 Å². The minimum absolute atomic E-state index is 0.330. The third kappa shape index (κ3) is 3.58. The van der Waals surface area contributed by atoms with Gasteiger partial charge in [0.05, 0.1) is 0 Å². The highest BCUT2D eigenvalue weighted by Gasteiger charge is 2.31. The fraction of sp³-hybridized carbons (Fsp3) is 0.647. The van der Waals surface area contributed by atoms with Gasteiger partial charge in [-0.1, -0.05) is 43.2 Å². The van der Waals surface area contributed by atoms with Crippen molar-refractivity contribution >= 4 is 0 Å². The van der Waals surface area contributed by atoms with Crippen LogP contribution in [0, 0.1) is 13.8 Å². The van der Waals surface area contributed by atoms with Crippen LogP contribution in [0.2, 0.25) is 0 Å². The van der Waals surface area contributed by atoms with Crippen molar-refractivity contribution in [2.24, 2.45) is 0 Å². The third-order valence-corrected chi connectivity index (χ3v) is 4.50. The first-order chi connectivity index (χ1) is 9.07. The monoisotopic (exact) mass is 260 g/mol. The van der Waals surface area contributed by atoms with Gasteiger partial charge >= 0.3 is 0 Å². The minimum atomic E-state index is 0.330. The summed E-state index contributed by atoms with van der Waals surface area (Å²) in [6.07, 6.45) is 2.43. The summed E-state index contributed by atoms with van der Waals surface area (Å²) < 4.78 is 0. The number of nitrogens with zero attached hydrogens (tertiary/aromatic N) is 1. The van der Waals surface area contributed by atoms with E-state index in [0.29, 0.717) is 5.54 Å². The molecule has 1 fully saturated rings. The Bertz CT molecular complexity index is 401. The number of piperazine rings is 1. The standard InChI is InChI=1S/C17H28N2/c1-5-17(6-2)13-19(8-7-18-17)12-16-10-14(3)9-15(4)11-16/h9-11,18H,5-8,12-13H2,1-4H3. The van der Waals surface area contributed by atoms with Crippen LogP contribution in [0.3, 0.4) is 0 Å². The molecule has 0 saturated carbocycles. The summed E-state index contributed by atoms with van der Waals surface area (Å²) in [6.45, 7) is 13.5. The van der Waals surface area contributed by atoms with Crippen molar-refractivity contribution in [2.45, 2.75) is 52.6 Å². The Balaban J connectivity index is 2.06. The van der Waals surface area contributed by atoms with E-state index in [9.17, 15) is 0 Å². The van der Waals surface area contributed by atoms with Crippen LogP contribution in [0.15, 0.2) is 18.2 Å². The van der Waals surface area contributed by atoms with E-state index in [1.165, 1.54) is 36.1 Å². The van der Waals surface area contributed by atoms with E-state index in [4.69, 9.17) is 0 Å². The summed E-state index contributed by atoms with van der Waals surface area (Å²) in [7, 11) is 0. The summed E-state index contributed by atoms with van der Waals surface area (Å²) in [5.41, 5.74) is 4.54. The predicted molar refractivity (Wildman–Crippen MR) is 82.5 cm³/mol. The molecule has 2 nitrogen and oxygen atoms in total. The van der Waals surface area contributed by atoms with Gasteiger partial charge < -0.3 is 5.32 Å². The second-order valence-corrected chi connectivity index (χ2v) is 6.12. The van der Waals surface area contributed by atoms with Crippen molar-refractivity contribution in [2.75, 3.05) is 19.6 Å². The van der Waals surface area contributed by atoms with Gasteiger partial charge in [-0.05, 0) is 32.3 Å². The minimum Gasteiger partial charge on any atom is -0.309 e. The normalized spacial score (nSPS) is 19.6. The summed E-state index contributed by atoms with van der Waals surface area (Å²) in [4.78, 5) is 2.61. The van der Waals surface area contributed by atoms with Gasteiger partial charge in [-0.3, -0.25) is 4.90 Å². The van der Waals surface area contributed by atoms with Crippen LogP contribution < -0.4 is 5.32 Å². The summed E-state index contributed by atoms with van der Waals surface area (Å²) in [5.74, 6) is 0. The smallest absolute Gasteiger partial charge is 0.0304 e. The van der Waals surface area contributed by atoms with E-state index in [0.717, 1.165) is 19.6 Å². The fourth-order valence-corrected chi connectivity index (χ4v) is 3.32. The van der Waals surface area contributed by atoms with E-state index in [1.54, 1.807) is 0 Å². The van der Waals surface area contributed by atoms with Crippen molar-refractivity contribution in [1.82, 2.24) is 10.2 Å². The lowest BCUT2D eigenvalue weighted by Gasteiger charge is -2.43. The number of hydrogen-bond acceptors (Lipinski definition) is 2. The van der Waals surface area contributed by atoms with Gasteiger partial charge in [-0.15, -0.1) is 0 Å². The van der Waals surface area contributed by atoms with Gasteiger partial charge in [0.25, 0.3) is 0 Å². The van der Waals surface area contributed by atoms with Gasteiger partial charge in [0.1, 0.15) is 0 Å². The second kappa shape index (κ2) is 6.06. The lowest BCUT2D eigenvalue weighted by Crippen LogP contribution is -2.59. The lowest BCUT2D eigenvalue weighted by molar-refractivity contribution is 0.118. The highest BCUT2D eigenvalue weighted by Crippen LogP contribution is 2.21. The maximum atomic E-state index is 3.73. The van der Waals surface area contributed by atoms with Crippen LogP contribution in [-0.4, -0.2) is 30.1 Å². The Hall–Kier alpha value is -0.860. The van der Waals surface area contributed by atoms with Crippen LogP contribution >= 0.6 is 0 Å². The van der Waals surface area contributed by atoms with Crippen molar-refractivity contribution in [3.05, 3.63) is 34.9 Å². The number of aryl methyl sites for hydroxylation is 2. The number of nitrogens with one attached hydrogen (secondary N) is 1. The predicted octanol–water partition coefficient (Wildman–Crippen LogP) is 3.27. The molecule has 0 spiro atoms. The van der Waals surface area contributed by atoms with Gasteiger partial charge in [-0.25, -0.2) is 0 Å². The molecule has 0 aliphatic carbocycles. The van der Waals surface area contributed by atoms with Crippen LogP contribution in [0.25, 0.3) is 0 Å². The first-order valence-electron chi connectivity index (χ1n) is 7.61. The first-order valence-corrected chi connectivity index (χ1v) is 7.61. The van der Waals surface area contributed by atoms with Crippen molar-refractivity contribution in [3.63, 3.8) is 0 Å². The summed E-state index contributed by atoms with van der Waals surface area (Å²) >= 11 is 0. The molecule has 106 valence electrons. The number of rotatable bonds is 4. The molecule has 0 aromatic heterocycles. The molecule has 0 amide bonds.